The van der Waals surface area contributed by atoms with Gasteiger partial charge >= 0.3 is 36.8 Å². The van der Waals surface area contributed by atoms with Gasteiger partial charge in [-0.3, -0.25) is 40.0 Å². The molecule has 17 rings (SSSR count). The van der Waals surface area contributed by atoms with Gasteiger partial charge in [0.1, 0.15) is 28.8 Å². The fourth-order valence-corrected chi connectivity index (χ4v) is 17.8. The number of thiophene rings is 3. The first-order valence-electron chi connectivity index (χ1n) is 41.9. The molecule has 0 radical (unpaired) electrons. The molecule has 6 aromatic heterocycles. The third kappa shape index (κ3) is 26.0. The molecule has 0 aliphatic carbocycles. The van der Waals surface area contributed by atoms with E-state index in [0.717, 1.165) is 136 Å². The number of fused-ring (bicyclic) bond motifs is 3. The molecule has 0 unspecified atom stereocenters. The summed E-state index contributed by atoms with van der Waals surface area (Å²) >= 11 is 7.97. The lowest BCUT2D eigenvalue weighted by Crippen LogP contribution is -2.41. The van der Waals surface area contributed by atoms with E-state index in [2.05, 4.69) is 128 Å². The number of ketones is 1. The van der Waals surface area contributed by atoms with Crippen LogP contribution in [0.3, 0.4) is 0 Å². The summed E-state index contributed by atoms with van der Waals surface area (Å²) < 4.78 is 159. The summed E-state index contributed by atoms with van der Waals surface area (Å²) in [6.07, 6.45) is 17.6. The minimum Gasteiger partial charge on any atom is -0.453 e. The van der Waals surface area contributed by atoms with Gasteiger partial charge in [0.25, 0.3) is 11.4 Å². The van der Waals surface area contributed by atoms with E-state index in [1.54, 1.807) is 78.6 Å². The number of carbonyl (C=O) groups is 1. The lowest BCUT2D eigenvalue weighted by molar-refractivity contribution is -0.385. The number of likely N-dealkylation sites (N-methyl/N-ethyl adjacent to an activating group) is 4. The molecule has 42 heteroatoms. The van der Waals surface area contributed by atoms with Gasteiger partial charge in [-0.25, -0.2) is 13.2 Å². The van der Waals surface area contributed by atoms with Crippen LogP contribution < -0.4 is 19.9 Å². The molecule has 0 bridgehead atoms. The molecule has 0 amide bonds. The zero-order valence-electron chi connectivity index (χ0n) is 75.5. The second-order valence-corrected chi connectivity index (χ2v) is 41.3. The number of nitro groups is 2. The first kappa shape index (κ1) is 102. The number of non-ortho nitro benzene ring substituents is 2. The predicted octanol–water partition coefficient (Wildman–Crippen LogP) is 19.8. The van der Waals surface area contributed by atoms with Crippen LogP contribution in [0.5, 0.6) is 34.5 Å². The van der Waals surface area contributed by atoms with Crippen molar-refractivity contribution < 1.29 is 95.7 Å². The number of nitro benzene ring substituents is 2. The summed E-state index contributed by atoms with van der Waals surface area (Å²) in [4.78, 5) is 56.8. The first-order valence-corrected chi connectivity index (χ1v) is 46.6. The number of Topliss-reactive ketones (excluding diaryl/α,β-unsaturated/α-hetero) is 1. The molecule has 8 aliphatic rings. The van der Waals surface area contributed by atoms with Crippen molar-refractivity contribution >= 4 is 146 Å². The lowest BCUT2D eigenvalue weighted by atomic mass is 9.49. The maximum atomic E-state index is 14.2. The molecular weight excluding hydrogens is 1840 g/mol. The average molecular weight is 1950 g/mol. The van der Waals surface area contributed by atoms with Gasteiger partial charge in [0.15, 0.2) is 34.7 Å². The summed E-state index contributed by atoms with van der Waals surface area (Å²) in [5, 5.41) is 21.3. The Morgan fingerprint density at radius 2 is 0.815 bits per heavy atom. The van der Waals surface area contributed by atoms with Gasteiger partial charge in [-0.05, 0) is 219 Å². The van der Waals surface area contributed by atoms with Crippen LogP contribution in [0.25, 0.3) is 41.8 Å². The maximum Gasteiger partial charge on any atom is 0.534 e. The summed E-state index contributed by atoms with van der Waals surface area (Å²) in [7, 11) is 3.57. The molecule has 3 aromatic carbocycles. The molecule has 9 aromatic rings. The molecule has 0 spiro atoms. The monoisotopic (exact) mass is 1940 g/mol. The Kier molecular flexibility index (Phi) is 33.0. The zero-order chi connectivity index (χ0) is 95.0. The van der Waals surface area contributed by atoms with Gasteiger partial charge in [0.05, 0.1) is 90.0 Å². The van der Waals surface area contributed by atoms with E-state index < -0.39 is 56.9 Å². The molecule has 2 N–H and O–H groups in total. The van der Waals surface area contributed by atoms with Crippen LogP contribution in [0.15, 0.2) is 149 Å². The summed E-state index contributed by atoms with van der Waals surface area (Å²) in [6, 6.07) is 22.0. The highest BCUT2D eigenvalue weighted by Gasteiger charge is 2.64. The van der Waals surface area contributed by atoms with Crippen LogP contribution in [0.1, 0.15) is 131 Å². The number of benzene rings is 3. The molecule has 28 nitrogen and oxygen atoms in total. The Labute approximate surface area is 774 Å². The van der Waals surface area contributed by atoms with Crippen LogP contribution in [-0.2, 0) is 47.0 Å². The highest BCUT2D eigenvalue weighted by Crippen LogP contribution is 2.47. The number of pyridine rings is 3. The van der Waals surface area contributed by atoms with Crippen molar-refractivity contribution in [3.8, 4) is 34.5 Å². The van der Waals surface area contributed by atoms with E-state index in [9.17, 15) is 59.8 Å². The van der Waals surface area contributed by atoms with Crippen molar-refractivity contribution in [2.24, 2.45) is 0 Å². The summed E-state index contributed by atoms with van der Waals surface area (Å²) in [5.74, 6) is -0.184. The largest absolute Gasteiger partial charge is 0.534 e. The Morgan fingerprint density at radius 1 is 0.462 bits per heavy atom. The number of hydrogen-bond donors (Lipinski definition) is 1. The van der Waals surface area contributed by atoms with Gasteiger partial charge in [0.2, 0.25) is 0 Å². The van der Waals surface area contributed by atoms with Gasteiger partial charge in [-0.1, -0.05) is 18.2 Å². The van der Waals surface area contributed by atoms with Gasteiger partial charge in [-0.15, -0.1) is 34.0 Å². The SMILES string of the molecule is CC1(C)OB(B2OC(C)(C)C(C)(C)O2)OC1(C)C.CN1CC=C(B2OC(C)(C)C(C)(C)O2)CC1.CN1CC=C(OS(=O)(=O)C(F)(F)F)CC1.CN1CC=C(c2cc3nccc(Oc4ccc(N)cc4F)c3s2)CC1.CN1CC=C(c2cc3nccc(Oc4ccc([N+](=O)[O-])cc4F)c3s2)CC1.CN1CCC(=O)CC1.O=[N+]([O-])c1ccc(Oc2ccnc3cc(Br)sc23)c(F)c1. The smallest absolute Gasteiger partial charge is 0.453 e. The number of halogens is 7. The fourth-order valence-electron chi connectivity index (χ4n) is 13.5. The number of anilines is 1. The quantitative estimate of drug-likeness (QED) is 0.0201. The number of nitrogen functional groups attached to an aromatic ring is 1. The fraction of sp³-hybridized carbons (Fsp3) is 0.455. The molecule has 4 fully saturated rings. The number of nitrogens with two attached hydrogens (primary N) is 1. The Bertz CT molecular complexity index is 5750. The van der Waals surface area contributed by atoms with Crippen LogP contribution in [-0.4, -0.2) is 224 Å². The minimum absolute atomic E-state index is 0.0541. The zero-order valence-corrected chi connectivity index (χ0v) is 80.4. The summed E-state index contributed by atoms with van der Waals surface area (Å²) in [5.41, 5.74) is 4.40. The highest BCUT2D eigenvalue weighted by molar-refractivity contribution is 9.11. The highest BCUT2D eigenvalue weighted by atomic mass is 79.9. The molecule has 14 heterocycles. The van der Waals surface area contributed by atoms with Crippen molar-refractivity contribution in [2.75, 3.05) is 106 Å². The third-order valence-electron chi connectivity index (χ3n) is 23.6. The molecule has 4 saturated heterocycles. The van der Waals surface area contributed by atoms with Crippen molar-refractivity contribution in [3.05, 3.63) is 196 Å². The van der Waals surface area contributed by atoms with Crippen LogP contribution in [0, 0.1) is 37.7 Å². The molecule has 130 heavy (non-hydrogen) atoms. The second-order valence-electron chi connectivity index (χ2n) is 35.2. The minimum atomic E-state index is -5.50. The predicted molar refractivity (Wildman–Crippen MR) is 500 cm³/mol. The Hall–Kier alpha value is -8.82. The number of rotatable bonds is 14. The van der Waals surface area contributed by atoms with Crippen molar-refractivity contribution in [1.82, 2.24) is 39.5 Å². The van der Waals surface area contributed by atoms with Gasteiger partial charge < -0.3 is 76.6 Å². The number of carbonyl (C=O) groups excluding carboxylic acids is 1. The normalized spacial score (nSPS) is 19.6. The average Bonchev–Trinajstić information content (AvgIpc) is 1.60. The van der Waals surface area contributed by atoms with E-state index in [-0.39, 0.29) is 81.5 Å². The summed E-state index contributed by atoms with van der Waals surface area (Å²) in [6.45, 7) is 33.4. The van der Waals surface area contributed by atoms with Gasteiger partial charge in [0, 0.05) is 155 Å². The van der Waals surface area contributed by atoms with Crippen molar-refractivity contribution in [2.45, 2.75) is 161 Å². The molecule has 698 valence electrons. The van der Waals surface area contributed by atoms with Crippen LogP contribution in [0.4, 0.5) is 43.4 Å². The maximum absolute atomic E-state index is 14.2. The van der Waals surface area contributed by atoms with E-state index in [0.29, 0.717) is 41.8 Å². The lowest BCUT2D eigenvalue weighted by Gasteiger charge is -2.32. The van der Waals surface area contributed by atoms with Crippen LogP contribution >= 0.6 is 49.9 Å². The first-order chi connectivity index (χ1) is 60.9. The Morgan fingerprint density at radius 3 is 1.16 bits per heavy atom. The topological polar surface area (TPSA) is 311 Å². The van der Waals surface area contributed by atoms with Gasteiger partial charge in [-0.2, -0.15) is 21.6 Å². The van der Waals surface area contributed by atoms with E-state index in [4.69, 9.17) is 47.9 Å². The number of alkyl halides is 3. The molecule has 0 saturated carbocycles. The second kappa shape index (κ2) is 42.2. The van der Waals surface area contributed by atoms with E-state index >= 15 is 0 Å². The number of nitrogens with zero attached hydrogens (tertiary/aromatic N) is 10. The number of ether oxygens (including phenoxy) is 3. The van der Waals surface area contributed by atoms with Crippen LogP contribution in [0.2, 0.25) is 0 Å². The van der Waals surface area contributed by atoms with E-state index in [1.165, 1.54) is 69.2 Å². The Balaban J connectivity index is 0.000000150. The number of piperidine rings is 1. The molecule has 0 atom stereocenters. The number of hydrogen-bond acceptors (Lipinski definition) is 29. The third-order valence-corrected chi connectivity index (χ3v) is 28.7. The van der Waals surface area contributed by atoms with Crippen molar-refractivity contribution in [1.29, 1.82) is 0 Å². The molecule has 8 aliphatic heterocycles. The number of likely N-dealkylation sites (tertiary alicyclic amines) is 1. The standard InChI is InChI=1S/C19H16FN3O3S.C19H18FN3OS.C13H6BrFN2O3S.C12H24B2O4.C12H22BNO2.C7H10F3NO3S.C6H11NO/c1-22-8-5-12(6-9-22)18-11-15-19(27-18)17(4-7-21-15)26-16-3-2-13(23(24)25)10-14(16)20;1-23-8-5-12(6-9-23)18-11-15-19(25-18)17(4-7-22-15)24-16-3-2-13(21)10-14(16)20;14-12-6-9-13(21-12)11(3-4-16-9)20-10-2-1-7(17(18)19)5-8(10)15;1-9(2)10(3,4)16-13(15-9)14-17-11(5,6)12(7,8)18-14;1-11(2)12(3,4)16-13(15-11)10-6-8-14(5)9-7-10;1-11-4-2-6(3-5-11)14-15(12,13)7(8,9)10;1-7-4-2-6(8)3-5-7/h2-5,7,10-11H,6,8-9H2,1H3;2-5,7,10-11H,6,8-9,21H2,1H3;1-6H;1-8H3;6H,7-9H2,1-5H3;2H,3-5H2,1H3;2-5H2,1H3. The van der Waals surface area contributed by atoms with E-state index in [1.807, 2.05) is 79.5 Å². The van der Waals surface area contributed by atoms with Crippen molar-refractivity contribution in [3.63, 3.8) is 0 Å². The molecular formula is C88H107B3BrF6N11O17S4. The number of aromatic nitrogens is 3.